The highest BCUT2D eigenvalue weighted by atomic mass is 19.1. The van der Waals surface area contributed by atoms with Crippen LogP contribution in [-0.4, -0.2) is 25.2 Å². The van der Waals surface area contributed by atoms with E-state index in [0.29, 0.717) is 16.9 Å². The average Bonchev–Trinajstić information content (AvgIpc) is 3.39. The molecule has 2 aromatic heterocycles. The summed E-state index contributed by atoms with van der Waals surface area (Å²) in [5, 5.41) is 6.92. The van der Waals surface area contributed by atoms with Crippen molar-refractivity contribution in [2.45, 2.75) is 6.92 Å². The number of aryl methyl sites for hydroxylation is 1. The number of carbonyl (C=O) groups excluding carboxylic acids is 1. The zero-order valence-electron chi connectivity index (χ0n) is 17.9. The minimum Gasteiger partial charge on any atom is -0.326 e. The highest BCUT2D eigenvalue weighted by Gasteiger charge is 2.15. The van der Waals surface area contributed by atoms with Gasteiger partial charge in [0.05, 0.1) is 22.8 Å². The molecule has 5 aromatic rings. The molecule has 0 saturated heterocycles. The standard InChI is InChI=1S/C25H19F2N5O/c1-15(33)30-19-8-17(25-21(26)4-3-5-22(25)27)9-20(11-19)32-14-28-23-10-16(6-7-24(23)32)18-12-29-31(2)13-18/h3-14H,1-2H3,(H,30,33). The van der Waals surface area contributed by atoms with Crippen LogP contribution in [0.25, 0.3) is 39.0 Å². The number of fused-ring (bicyclic) bond motifs is 1. The maximum absolute atomic E-state index is 14.5. The predicted molar refractivity (Wildman–Crippen MR) is 123 cm³/mol. The van der Waals surface area contributed by atoms with Crippen LogP contribution in [0.1, 0.15) is 6.92 Å². The molecule has 0 aliphatic heterocycles. The van der Waals surface area contributed by atoms with Crippen molar-refractivity contribution in [3.8, 4) is 27.9 Å². The molecule has 0 aliphatic carbocycles. The van der Waals surface area contributed by atoms with Crippen LogP contribution in [0.5, 0.6) is 0 Å². The summed E-state index contributed by atoms with van der Waals surface area (Å²) in [5.74, 6) is -1.65. The van der Waals surface area contributed by atoms with E-state index in [1.54, 1.807) is 35.4 Å². The summed E-state index contributed by atoms with van der Waals surface area (Å²) in [6.45, 7) is 1.38. The molecule has 1 N–H and O–H groups in total. The molecule has 8 heteroatoms. The minimum absolute atomic E-state index is 0.158. The second-order valence-electron chi connectivity index (χ2n) is 7.77. The van der Waals surface area contributed by atoms with Crippen molar-refractivity contribution in [3.05, 3.63) is 85.0 Å². The van der Waals surface area contributed by atoms with Gasteiger partial charge in [-0.2, -0.15) is 5.10 Å². The van der Waals surface area contributed by atoms with Crippen LogP contribution < -0.4 is 5.32 Å². The van der Waals surface area contributed by atoms with Gasteiger partial charge in [0.1, 0.15) is 18.0 Å². The molecule has 0 radical (unpaired) electrons. The minimum atomic E-state index is -0.683. The molecule has 0 spiro atoms. The van der Waals surface area contributed by atoms with Crippen LogP contribution in [0.15, 0.2) is 73.3 Å². The fourth-order valence-corrected chi connectivity index (χ4v) is 3.91. The Balaban J connectivity index is 1.66. The number of rotatable bonds is 4. The molecule has 3 aromatic carbocycles. The van der Waals surface area contributed by atoms with Gasteiger partial charge in [0.15, 0.2) is 0 Å². The Hall–Kier alpha value is -4.33. The van der Waals surface area contributed by atoms with Gasteiger partial charge < -0.3 is 5.32 Å². The number of hydrogen-bond donors (Lipinski definition) is 1. The van der Waals surface area contributed by atoms with Crippen molar-refractivity contribution in [3.63, 3.8) is 0 Å². The van der Waals surface area contributed by atoms with Crippen LogP contribution >= 0.6 is 0 Å². The molecule has 0 atom stereocenters. The summed E-state index contributed by atoms with van der Waals surface area (Å²) in [5.41, 5.74) is 4.68. The third-order valence-electron chi connectivity index (χ3n) is 5.35. The lowest BCUT2D eigenvalue weighted by Gasteiger charge is -2.13. The maximum atomic E-state index is 14.5. The molecule has 0 unspecified atom stereocenters. The molecular weight excluding hydrogens is 424 g/mol. The number of imidazole rings is 1. The number of nitrogens with one attached hydrogen (secondary N) is 1. The molecular formula is C25H19F2N5O. The summed E-state index contributed by atoms with van der Waals surface area (Å²) >= 11 is 0. The second kappa shape index (κ2) is 7.98. The number of halogens is 2. The number of carbonyl (C=O) groups is 1. The highest BCUT2D eigenvalue weighted by Crippen LogP contribution is 2.32. The third-order valence-corrected chi connectivity index (χ3v) is 5.35. The van der Waals surface area contributed by atoms with E-state index >= 15 is 0 Å². The quantitative estimate of drug-likeness (QED) is 0.408. The molecule has 1 amide bonds. The summed E-state index contributed by atoms with van der Waals surface area (Å²) in [4.78, 5) is 16.2. The Kier molecular flexibility index (Phi) is 4.97. The van der Waals surface area contributed by atoms with Crippen LogP contribution in [0.2, 0.25) is 0 Å². The lowest BCUT2D eigenvalue weighted by molar-refractivity contribution is -0.114. The smallest absolute Gasteiger partial charge is 0.221 e. The molecule has 33 heavy (non-hydrogen) atoms. The second-order valence-corrected chi connectivity index (χ2v) is 7.77. The predicted octanol–water partition coefficient (Wildman–Crippen LogP) is 5.33. The van der Waals surface area contributed by atoms with Gasteiger partial charge in [-0.25, -0.2) is 13.8 Å². The van der Waals surface area contributed by atoms with Gasteiger partial charge in [-0.3, -0.25) is 14.0 Å². The molecule has 5 rings (SSSR count). The Morgan fingerprint density at radius 3 is 2.45 bits per heavy atom. The van der Waals surface area contributed by atoms with E-state index in [1.165, 1.54) is 25.1 Å². The topological polar surface area (TPSA) is 64.7 Å². The molecule has 0 aliphatic rings. The number of anilines is 1. The third kappa shape index (κ3) is 3.87. The highest BCUT2D eigenvalue weighted by molar-refractivity contribution is 5.91. The summed E-state index contributed by atoms with van der Waals surface area (Å²) < 4.78 is 32.6. The van der Waals surface area contributed by atoms with E-state index in [-0.39, 0.29) is 11.5 Å². The first-order valence-corrected chi connectivity index (χ1v) is 10.2. The SMILES string of the molecule is CC(=O)Nc1cc(-c2c(F)cccc2F)cc(-n2cnc3cc(-c4cnn(C)c4)ccc32)c1. The zero-order valence-corrected chi connectivity index (χ0v) is 17.9. The first-order valence-electron chi connectivity index (χ1n) is 10.2. The molecule has 0 saturated carbocycles. The number of benzene rings is 3. The van der Waals surface area contributed by atoms with Gasteiger partial charge in [0.2, 0.25) is 5.91 Å². The Morgan fingerprint density at radius 1 is 0.970 bits per heavy atom. The van der Waals surface area contributed by atoms with Crippen LogP contribution in [-0.2, 0) is 11.8 Å². The van der Waals surface area contributed by atoms with E-state index in [2.05, 4.69) is 15.4 Å². The lowest BCUT2D eigenvalue weighted by Crippen LogP contribution is -2.07. The number of amides is 1. The number of nitrogens with zero attached hydrogens (tertiary/aromatic N) is 4. The first kappa shape index (κ1) is 20.6. The average molecular weight is 443 g/mol. The van der Waals surface area contributed by atoms with Crippen molar-refractivity contribution in [1.82, 2.24) is 19.3 Å². The Labute approximate surface area is 188 Å². The van der Waals surface area contributed by atoms with Gasteiger partial charge >= 0.3 is 0 Å². The van der Waals surface area contributed by atoms with Crippen LogP contribution in [0.4, 0.5) is 14.5 Å². The van der Waals surface area contributed by atoms with Gasteiger partial charge in [-0.1, -0.05) is 12.1 Å². The van der Waals surface area contributed by atoms with Crippen molar-refractivity contribution >= 4 is 22.6 Å². The first-order chi connectivity index (χ1) is 15.9. The van der Waals surface area contributed by atoms with Gasteiger partial charge in [-0.15, -0.1) is 0 Å². The number of aromatic nitrogens is 4. The fourth-order valence-electron chi connectivity index (χ4n) is 3.91. The van der Waals surface area contributed by atoms with Crippen LogP contribution in [0.3, 0.4) is 0 Å². The summed E-state index contributed by atoms with van der Waals surface area (Å²) in [6.07, 6.45) is 5.35. The van der Waals surface area contributed by atoms with Gasteiger partial charge in [-0.05, 0) is 53.6 Å². The zero-order chi connectivity index (χ0) is 23.1. The van der Waals surface area contributed by atoms with Gasteiger partial charge in [0.25, 0.3) is 0 Å². The fraction of sp³-hybridized carbons (Fsp3) is 0.0800. The Bertz CT molecular complexity index is 1500. The van der Waals surface area contributed by atoms with Gasteiger partial charge in [0, 0.05) is 37.1 Å². The lowest BCUT2D eigenvalue weighted by atomic mass is 10.0. The molecule has 6 nitrogen and oxygen atoms in total. The molecule has 2 heterocycles. The van der Waals surface area contributed by atoms with Crippen LogP contribution in [0, 0.1) is 11.6 Å². The molecule has 0 bridgehead atoms. The van der Waals surface area contributed by atoms with E-state index in [0.717, 1.165) is 22.2 Å². The van der Waals surface area contributed by atoms with Crippen molar-refractivity contribution in [1.29, 1.82) is 0 Å². The van der Waals surface area contributed by atoms with E-state index in [4.69, 9.17) is 0 Å². The number of hydrogen-bond acceptors (Lipinski definition) is 3. The molecule has 0 fully saturated rings. The summed E-state index contributed by atoms with van der Waals surface area (Å²) in [7, 11) is 1.86. The van der Waals surface area contributed by atoms with Crippen molar-refractivity contribution < 1.29 is 13.6 Å². The van der Waals surface area contributed by atoms with Crippen molar-refractivity contribution in [2.24, 2.45) is 7.05 Å². The van der Waals surface area contributed by atoms with E-state index in [9.17, 15) is 13.6 Å². The van der Waals surface area contributed by atoms with E-state index < -0.39 is 11.6 Å². The normalized spacial score (nSPS) is 11.2. The van der Waals surface area contributed by atoms with Crippen molar-refractivity contribution in [2.75, 3.05) is 5.32 Å². The Morgan fingerprint density at radius 2 is 1.76 bits per heavy atom. The summed E-state index contributed by atoms with van der Waals surface area (Å²) in [6, 6.07) is 14.5. The monoisotopic (exact) mass is 443 g/mol. The molecule has 164 valence electrons. The maximum Gasteiger partial charge on any atom is 0.221 e. The largest absolute Gasteiger partial charge is 0.326 e. The van der Waals surface area contributed by atoms with E-state index in [1.807, 2.05) is 36.0 Å².